The third-order valence-electron chi connectivity index (χ3n) is 9.04. The lowest BCUT2D eigenvalue weighted by Crippen LogP contribution is -2.28. The van der Waals surface area contributed by atoms with Crippen molar-refractivity contribution in [3.63, 3.8) is 0 Å². The quantitative estimate of drug-likeness (QED) is 0.0418. The minimum absolute atomic E-state index is 0.372. The zero-order valence-corrected chi connectivity index (χ0v) is 36.9. The second-order valence-electron chi connectivity index (χ2n) is 13.5. The van der Waals surface area contributed by atoms with Crippen LogP contribution in [0.3, 0.4) is 0 Å². The highest BCUT2D eigenvalue weighted by atomic mass is 32.2. The van der Waals surface area contributed by atoms with Gasteiger partial charge in [0.2, 0.25) is 11.6 Å². The van der Waals surface area contributed by atoms with Crippen molar-refractivity contribution < 1.29 is 87.4 Å². The molecule has 2 aliphatic rings. The van der Waals surface area contributed by atoms with Crippen molar-refractivity contribution in [2.45, 2.75) is 19.6 Å². The fourth-order valence-electron chi connectivity index (χ4n) is 6.20. The van der Waals surface area contributed by atoms with E-state index < -0.39 is 147 Å². The van der Waals surface area contributed by atoms with Gasteiger partial charge in [-0.2, -0.15) is 60.7 Å². The number of nitrogens with zero attached hydrogens (tertiary/aromatic N) is 2. The number of Topliss-reactive ketones (excluding diaryl/α,β-unsaturated/α-hetero) is 2. The van der Waals surface area contributed by atoms with Crippen LogP contribution >= 0.6 is 0 Å². The number of anilines is 4. The molecule has 0 radical (unpaired) electrons. The minimum Gasteiger partial charge on any atom is -0.398 e. The summed E-state index contributed by atoms with van der Waals surface area (Å²) in [6.07, 6.45) is 3.09. The zero-order valence-electron chi connectivity index (χ0n) is 32.0. The Bertz CT molecular complexity index is 3500. The number of allylic oxidation sites excluding steroid dienone is 2. The average molecular weight is 1030 g/mol. The third kappa shape index (κ3) is 10.1. The van der Waals surface area contributed by atoms with Gasteiger partial charge in [-0.1, -0.05) is 24.3 Å². The summed E-state index contributed by atoms with van der Waals surface area (Å²) in [6, 6.07) is 8.26. The van der Waals surface area contributed by atoms with Crippen LogP contribution < -0.4 is 22.3 Å². The number of fused-ring (bicyclic) bond motifs is 2. The number of rotatable bonds is 12. The summed E-state index contributed by atoms with van der Waals surface area (Å²) in [7, 11) is -30.8. The Morgan fingerprint density at radius 2 is 0.788 bits per heavy atom. The lowest BCUT2D eigenvalue weighted by Gasteiger charge is -2.18. The molecular formula is C34H26N6O20S6. The molecule has 26 nitrogen and oxygen atoms in total. The van der Waals surface area contributed by atoms with Crippen LogP contribution in [0.1, 0.15) is 43.0 Å². The topological polar surface area (TPSA) is 461 Å². The van der Waals surface area contributed by atoms with Crippen molar-refractivity contribution in [1.82, 2.24) is 0 Å². The van der Waals surface area contributed by atoms with Gasteiger partial charge in [0.1, 0.15) is 19.6 Å². The maximum Gasteiger partial charge on any atom is 0.296 e. The first-order valence-electron chi connectivity index (χ1n) is 17.1. The summed E-state index contributed by atoms with van der Waals surface area (Å²) < 4.78 is 204. The number of nitrogens with two attached hydrogens (primary N) is 2. The summed E-state index contributed by atoms with van der Waals surface area (Å²) in [5.74, 6) is -2.58. The molecule has 0 heterocycles. The fourth-order valence-corrected chi connectivity index (χ4v) is 10.0. The van der Waals surface area contributed by atoms with Crippen molar-refractivity contribution in [2.24, 2.45) is 10.2 Å². The van der Waals surface area contributed by atoms with E-state index in [1.807, 2.05) is 0 Å². The lowest BCUT2D eigenvalue weighted by molar-refractivity contribution is 0.105. The average Bonchev–Trinajstić information content (AvgIpc) is 3.16. The number of nitrogens with one attached hydrogen (secondary N) is 2. The highest BCUT2D eigenvalue weighted by Crippen LogP contribution is 2.34. The molecule has 4 aromatic rings. The molecule has 66 heavy (non-hydrogen) atoms. The van der Waals surface area contributed by atoms with Crippen molar-refractivity contribution in [1.29, 1.82) is 0 Å². The molecule has 0 fully saturated rings. The van der Waals surface area contributed by atoms with Crippen LogP contribution in [0.25, 0.3) is 24.3 Å². The lowest BCUT2D eigenvalue weighted by atomic mass is 9.93. The molecule has 12 N–H and O–H groups in total. The Hall–Kier alpha value is -6.56. The molecule has 2 aliphatic carbocycles. The van der Waals surface area contributed by atoms with Crippen molar-refractivity contribution in [3.8, 4) is 0 Å². The summed E-state index contributed by atoms with van der Waals surface area (Å²) in [5.41, 5.74) is 9.37. The van der Waals surface area contributed by atoms with Gasteiger partial charge in [-0.05, 0) is 82.9 Å². The van der Waals surface area contributed by atoms with Gasteiger partial charge in [0.15, 0.2) is 11.4 Å². The van der Waals surface area contributed by atoms with Gasteiger partial charge in [-0.25, -0.2) is 0 Å². The molecule has 348 valence electrons. The second kappa shape index (κ2) is 16.7. The van der Waals surface area contributed by atoms with Crippen molar-refractivity contribution in [2.75, 3.05) is 22.3 Å². The molecule has 0 aromatic heterocycles. The number of ketones is 2. The zero-order chi connectivity index (χ0) is 49.3. The minimum atomic E-state index is -5.31. The Kier molecular flexibility index (Phi) is 12.4. The monoisotopic (exact) mass is 1030 g/mol. The van der Waals surface area contributed by atoms with Gasteiger partial charge in [-0.3, -0.25) is 47.8 Å². The second-order valence-corrected chi connectivity index (χ2v) is 21.9. The first-order valence-corrected chi connectivity index (χ1v) is 25.7. The molecular weight excluding hydrogens is 1000 g/mol. The number of nitrogen functional groups attached to an aromatic ring is 2. The highest BCUT2D eigenvalue weighted by molar-refractivity contribution is 7.91. The normalized spacial score (nSPS) is 16.2. The summed E-state index contributed by atoms with van der Waals surface area (Å²) in [5, 5.41) is 7.32. The molecule has 0 aliphatic heterocycles. The molecule has 0 saturated carbocycles. The maximum absolute atomic E-state index is 13.4. The Labute approximate surface area is 372 Å². The predicted molar refractivity (Wildman–Crippen MR) is 233 cm³/mol. The number of carbonyl (C=O) groups is 2. The maximum atomic E-state index is 13.4. The van der Waals surface area contributed by atoms with Crippen molar-refractivity contribution in [3.05, 3.63) is 104 Å². The Morgan fingerprint density at radius 1 is 0.455 bits per heavy atom. The molecule has 0 atom stereocenters. The van der Waals surface area contributed by atoms with Crippen LogP contribution in [0, 0.1) is 0 Å². The molecule has 0 amide bonds. The molecule has 4 aromatic carbocycles. The first kappa shape index (κ1) is 48.9. The van der Waals surface area contributed by atoms with Gasteiger partial charge in [0, 0.05) is 11.4 Å². The van der Waals surface area contributed by atoms with E-state index in [9.17, 15) is 87.4 Å². The first-order chi connectivity index (χ1) is 30.2. The Morgan fingerprint density at radius 3 is 1.08 bits per heavy atom. The molecule has 0 spiro atoms. The highest BCUT2D eigenvalue weighted by Gasteiger charge is 2.37. The van der Waals surface area contributed by atoms with E-state index in [0.717, 1.165) is 36.4 Å². The van der Waals surface area contributed by atoms with Crippen LogP contribution in [0.15, 0.2) is 100 Å². The largest absolute Gasteiger partial charge is 0.398 e. The summed E-state index contributed by atoms with van der Waals surface area (Å²) >= 11 is 0. The number of hydrogen-bond acceptors (Lipinski definition) is 20. The van der Waals surface area contributed by atoms with Gasteiger partial charge in [-0.15, -0.1) is 0 Å². The van der Waals surface area contributed by atoms with Gasteiger partial charge < -0.3 is 11.5 Å². The van der Waals surface area contributed by atoms with Gasteiger partial charge in [0.25, 0.3) is 60.7 Å². The summed E-state index contributed by atoms with van der Waals surface area (Å²) in [4.78, 5) is 20.9. The van der Waals surface area contributed by atoms with E-state index in [2.05, 4.69) is 21.1 Å². The number of benzene rings is 4. The predicted octanol–water partition coefficient (Wildman–Crippen LogP) is 1.79. The third-order valence-corrected chi connectivity index (χ3v) is 14.3. The van der Waals surface area contributed by atoms with E-state index in [1.165, 1.54) is 0 Å². The van der Waals surface area contributed by atoms with Crippen LogP contribution in [-0.2, 0) is 60.7 Å². The van der Waals surface area contributed by atoms with E-state index >= 15 is 0 Å². The number of hydrazone groups is 2. The fraction of sp³-hybridized carbons (Fsp3) is 0. The van der Waals surface area contributed by atoms with Crippen molar-refractivity contribution >= 4 is 131 Å². The number of carbonyl (C=O) groups excluding carboxylic acids is 2. The summed E-state index contributed by atoms with van der Waals surface area (Å²) in [6.45, 7) is 0. The van der Waals surface area contributed by atoms with Gasteiger partial charge in [0.05, 0.1) is 32.3 Å². The van der Waals surface area contributed by atoms with Crippen LogP contribution in [0.5, 0.6) is 0 Å². The molecule has 32 heteroatoms. The molecule has 0 unspecified atom stereocenters. The van der Waals surface area contributed by atoms with E-state index in [4.69, 9.17) is 11.5 Å². The molecule has 0 bridgehead atoms. The van der Waals surface area contributed by atoms with E-state index in [-0.39, 0.29) is 22.5 Å². The molecule has 0 saturated heterocycles. The standard InChI is InChI=1S/C34H26N6O20S6/c35-23-13-21(61(43,44)45)7-17-9-27(65(55,56)57)31(33(41)29(17)23)39-37-19-5-3-15(25(11-19)63(49,50)51)1-2-16-4-6-20(12-26(16)64(52,53)54)38-40-32-28(66(58,59)60)10-18-8-22(62(46,47)48)14-24(36)30(18)34(32)42/h1-14,37-38H,35-36H2,(H,43,44,45)(H,46,47,48)(H,49,50,51)(H,52,53,54)(H,55,56,57)(H,58,59,60)/b2-1+,39-31-,40-32-. The SMILES string of the molecule is Nc1cc(S(=O)(=O)O)cc2c1C(=O)/C(=N\Nc1ccc(/C=C/c3ccc(N/N=C4\C(=O)c5c(N)cc(S(=O)(=O)O)cc5C=C4S(=O)(=O)O)cc3S(=O)(=O)O)c(S(=O)(=O)O)c1)C(S(=O)(=O)O)=C2. The van der Waals surface area contributed by atoms with Crippen LogP contribution in [-0.4, -0.2) is 101 Å². The van der Waals surface area contributed by atoms with Crippen LogP contribution in [0.4, 0.5) is 22.7 Å². The molecule has 6 rings (SSSR count). The van der Waals surface area contributed by atoms with Crippen LogP contribution in [0.2, 0.25) is 0 Å². The number of hydrogen-bond donors (Lipinski definition) is 10. The Balaban J connectivity index is 1.33. The van der Waals surface area contributed by atoms with Gasteiger partial charge >= 0.3 is 0 Å². The van der Waals surface area contributed by atoms with E-state index in [0.29, 0.717) is 48.6 Å². The van der Waals surface area contributed by atoms with E-state index in [1.54, 1.807) is 0 Å². The smallest absolute Gasteiger partial charge is 0.296 e.